The van der Waals surface area contributed by atoms with Crippen molar-refractivity contribution in [3.05, 3.63) is 65.7 Å². The second-order valence-corrected chi connectivity index (χ2v) is 7.37. The molecule has 0 aliphatic rings. The third kappa shape index (κ3) is 5.33. The normalized spacial score (nSPS) is 10.5. The number of thioether (sulfide) groups is 1. The topological polar surface area (TPSA) is 64.1 Å². The summed E-state index contributed by atoms with van der Waals surface area (Å²) in [5, 5.41) is 12.1. The van der Waals surface area contributed by atoms with E-state index in [2.05, 4.69) is 47.6 Å². The summed E-state index contributed by atoms with van der Waals surface area (Å²) in [6.45, 7) is 6.69. The summed E-state index contributed by atoms with van der Waals surface area (Å²) in [4.78, 5) is 12.2. The third-order valence-electron chi connectivity index (χ3n) is 4.10. The molecule has 0 aliphatic carbocycles. The Hall–Kier alpha value is -2.86. The Labute approximate surface area is 169 Å². The quantitative estimate of drug-likeness (QED) is 0.579. The van der Waals surface area contributed by atoms with Gasteiger partial charge in [0.2, 0.25) is 5.91 Å². The van der Waals surface area contributed by atoms with Gasteiger partial charge in [0.25, 0.3) is 0 Å². The molecule has 0 saturated heterocycles. The first kappa shape index (κ1) is 19.9. The van der Waals surface area contributed by atoms with Crippen LogP contribution in [0.1, 0.15) is 18.1 Å². The van der Waals surface area contributed by atoms with Crippen molar-refractivity contribution >= 4 is 23.4 Å². The molecular weight excluding hydrogens is 370 g/mol. The molecule has 0 radical (unpaired) electrons. The van der Waals surface area contributed by atoms with E-state index in [-0.39, 0.29) is 11.7 Å². The van der Waals surface area contributed by atoms with Crippen molar-refractivity contribution in [1.82, 2.24) is 10.2 Å². The van der Waals surface area contributed by atoms with Gasteiger partial charge < -0.3 is 10.1 Å². The van der Waals surface area contributed by atoms with Crippen LogP contribution >= 0.6 is 11.8 Å². The zero-order valence-electron chi connectivity index (χ0n) is 16.2. The standard InChI is InChI=1S/C22H23N3O2S/c1-4-27-18-8-6-17(7-9-18)23-21(26)14-28-22-12-11-20(24-25-22)19-10-5-15(2)13-16(19)3/h5-13H,4,14H2,1-3H3,(H,23,26). The van der Waals surface area contributed by atoms with Crippen molar-refractivity contribution in [1.29, 1.82) is 0 Å². The van der Waals surface area contributed by atoms with Crippen LogP contribution in [0.5, 0.6) is 5.75 Å². The second kappa shape index (κ2) is 9.37. The van der Waals surface area contributed by atoms with E-state index in [1.807, 2.05) is 43.3 Å². The molecule has 0 fully saturated rings. The highest BCUT2D eigenvalue weighted by atomic mass is 32.2. The number of anilines is 1. The fraction of sp³-hybridized carbons (Fsp3) is 0.227. The summed E-state index contributed by atoms with van der Waals surface area (Å²) in [7, 11) is 0. The van der Waals surface area contributed by atoms with Crippen LogP contribution in [0, 0.1) is 13.8 Å². The highest BCUT2D eigenvalue weighted by molar-refractivity contribution is 7.99. The Morgan fingerprint density at radius 1 is 1.04 bits per heavy atom. The van der Waals surface area contributed by atoms with Crippen LogP contribution in [0.4, 0.5) is 5.69 Å². The van der Waals surface area contributed by atoms with Crippen LogP contribution in [0.25, 0.3) is 11.3 Å². The molecule has 2 aromatic carbocycles. The van der Waals surface area contributed by atoms with Crippen LogP contribution in [-0.4, -0.2) is 28.5 Å². The Bertz CT molecular complexity index is 941. The molecule has 0 atom stereocenters. The van der Waals surface area contributed by atoms with Crippen molar-refractivity contribution < 1.29 is 9.53 Å². The van der Waals surface area contributed by atoms with E-state index >= 15 is 0 Å². The molecule has 3 rings (SSSR count). The highest BCUT2D eigenvalue weighted by Crippen LogP contribution is 2.24. The summed E-state index contributed by atoms with van der Waals surface area (Å²) >= 11 is 1.36. The van der Waals surface area contributed by atoms with Gasteiger partial charge in [0, 0.05) is 11.3 Å². The monoisotopic (exact) mass is 393 g/mol. The van der Waals surface area contributed by atoms with Crippen molar-refractivity contribution in [2.45, 2.75) is 25.8 Å². The van der Waals surface area contributed by atoms with Crippen molar-refractivity contribution in [3.8, 4) is 17.0 Å². The lowest BCUT2D eigenvalue weighted by atomic mass is 10.0. The number of aryl methyl sites for hydroxylation is 2. The van der Waals surface area contributed by atoms with E-state index in [1.54, 1.807) is 0 Å². The molecule has 6 heteroatoms. The third-order valence-corrected chi connectivity index (χ3v) is 5.02. The van der Waals surface area contributed by atoms with Gasteiger partial charge in [-0.3, -0.25) is 4.79 Å². The Kier molecular flexibility index (Phi) is 6.66. The summed E-state index contributed by atoms with van der Waals surface area (Å²) in [6.07, 6.45) is 0. The maximum atomic E-state index is 12.2. The van der Waals surface area contributed by atoms with E-state index in [0.717, 1.165) is 27.7 Å². The maximum absolute atomic E-state index is 12.2. The van der Waals surface area contributed by atoms with Gasteiger partial charge in [0.15, 0.2) is 0 Å². The fourth-order valence-corrected chi connectivity index (χ4v) is 3.39. The average molecular weight is 394 g/mol. The van der Waals surface area contributed by atoms with E-state index < -0.39 is 0 Å². The number of benzene rings is 2. The Morgan fingerprint density at radius 2 is 1.82 bits per heavy atom. The molecule has 0 unspecified atom stereocenters. The second-order valence-electron chi connectivity index (χ2n) is 6.37. The van der Waals surface area contributed by atoms with E-state index in [1.165, 1.54) is 22.9 Å². The van der Waals surface area contributed by atoms with Gasteiger partial charge in [0.1, 0.15) is 10.8 Å². The number of carbonyl (C=O) groups is 1. The van der Waals surface area contributed by atoms with E-state index in [4.69, 9.17) is 4.74 Å². The maximum Gasteiger partial charge on any atom is 0.234 e. The number of rotatable bonds is 7. The van der Waals surface area contributed by atoms with E-state index in [9.17, 15) is 4.79 Å². The summed E-state index contributed by atoms with van der Waals surface area (Å²) < 4.78 is 5.39. The lowest BCUT2D eigenvalue weighted by Crippen LogP contribution is -2.14. The summed E-state index contributed by atoms with van der Waals surface area (Å²) in [5.74, 6) is 0.966. The molecule has 144 valence electrons. The van der Waals surface area contributed by atoms with Crippen LogP contribution in [-0.2, 0) is 4.79 Å². The first-order chi connectivity index (χ1) is 13.5. The minimum absolute atomic E-state index is 0.0885. The lowest BCUT2D eigenvalue weighted by Gasteiger charge is -2.08. The molecule has 0 aliphatic heterocycles. The first-order valence-corrected chi connectivity index (χ1v) is 10.1. The van der Waals surface area contributed by atoms with Gasteiger partial charge in [-0.05, 0) is 62.7 Å². The molecular formula is C22H23N3O2S. The fourth-order valence-electron chi connectivity index (χ4n) is 2.78. The Morgan fingerprint density at radius 3 is 2.46 bits per heavy atom. The molecule has 1 N–H and O–H groups in total. The van der Waals surface area contributed by atoms with Crippen molar-refractivity contribution in [3.63, 3.8) is 0 Å². The van der Waals surface area contributed by atoms with E-state index in [0.29, 0.717) is 6.61 Å². The summed E-state index contributed by atoms with van der Waals surface area (Å²) in [6, 6.07) is 17.4. The number of carbonyl (C=O) groups excluding carboxylic acids is 1. The largest absolute Gasteiger partial charge is 0.494 e. The molecule has 1 heterocycles. The van der Waals surface area contributed by atoms with Crippen LogP contribution < -0.4 is 10.1 Å². The zero-order chi connectivity index (χ0) is 19.9. The number of nitrogens with one attached hydrogen (secondary N) is 1. The van der Waals surface area contributed by atoms with Gasteiger partial charge >= 0.3 is 0 Å². The molecule has 1 aromatic heterocycles. The minimum Gasteiger partial charge on any atom is -0.494 e. The predicted molar refractivity (Wildman–Crippen MR) is 114 cm³/mol. The number of hydrogen-bond acceptors (Lipinski definition) is 5. The highest BCUT2D eigenvalue weighted by Gasteiger charge is 2.08. The first-order valence-electron chi connectivity index (χ1n) is 9.12. The number of nitrogens with zero attached hydrogens (tertiary/aromatic N) is 2. The minimum atomic E-state index is -0.0885. The van der Waals surface area contributed by atoms with Crippen molar-refractivity contribution in [2.24, 2.45) is 0 Å². The molecule has 0 saturated carbocycles. The Balaban J connectivity index is 1.55. The van der Waals surface area contributed by atoms with Gasteiger partial charge in [-0.25, -0.2) is 0 Å². The van der Waals surface area contributed by atoms with Crippen LogP contribution in [0.3, 0.4) is 0 Å². The zero-order valence-corrected chi connectivity index (χ0v) is 17.0. The number of aromatic nitrogens is 2. The lowest BCUT2D eigenvalue weighted by molar-refractivity contribution is -0.113. The number of amides is 1. The van der Waals surface area contributed by atoms with Gasteiger partial charge in [-0.1, -0.05) is 35.5 Å². The molecule has 1 amide bonds. The average Bonchev–Trinajstić information content (AvgIpc) is 2.69. The molecule has 0 bridgehead atoms. The number of ether oxygens (including phenoxy) is 1. The molecule has 5 nitrogen and oxygen atoms in total. The smallest absolute Gasteiger partial charge is 0.234 e. The molecule has 3 aromatic rings. The predicted octanol–water partition coefficient (Wildman–Crippen LogP) is 4.89. The van der Waals surface area contributed by atoms with Gasteiger partial charge in [-0.2, -0.15) is 0 Å². The summed E-state index contributed by atoms with van der Waals surface area (Å²) in [5.41, 5.74) is 5.04. The molecule has 28 heavy (non-hydrogen) atoms. The number of hydrogen-bond donors (Lipinski definition) is 1. The SMILES string of the molecule is CCOc1ccc(NC(=O)CSc2ccc(-c3ccc(C)cc3C)nn2)cc1. The van der Waals surface area contributed by atoms with Crippen LogP contribution in [0.15, 0.2) is 59.6 Å². The van der Waals surface area contributed by atoms with Crippen LogP contribution in [0.2, 0.25) is 0 Å². The molecule has 0 spiro atoms. The van der Waals surface area contributed by atoms with Gasteiger partial charge in [-0.15, -0.1) is 10.2 Å². The van der Waals surface area contributed by atoms with Crippen molar-refractivity contribution in [2.75, 3.05) is 17.7 Å². The van der Waals surface area contributed by atoms with Gasteiger partial charge in [0.05, 0.1) is 18.1 Å².